The zero-order chi connectivity index (χ0) is 17.8. The molecule has 0 spiro atoms. The Labute approximate surface area is 152 Å². The van der Waals surface area contributed by atoms with E-state index in [2.05, 4.69) is 15.5 Å². The van der Waals surface area contributed by atoms with Gasteiger partial charge in [-0.05, 0) is 43.3 Å². The average Bonchev–Trinajstić information content (AvgIpc) is 3.06. The van der Waals surface area contributed by atoms with Crippen LogP contribution in [0.1, 0.15) is 6.92 Å². The van der Waals surface area contributed by atoms with Crippen molar-refractivity contribution < 1.29 is 13.9 Å². The third-order valence-electron chi connectivity index (χ3n) is 3.24. The standard InChI is InChI=1S/C17H13ClFN3O2S/c1-10(24-14-8-6-13(19)7-9-14)15(23)20-17-22-21-16(25-17)11-2-4-12(18)5-3-11/h2-10H,1H3,(H,20,22,23)/t10-/m1/s1. The van der Waals surface area contributed by atoms with E-state index in [0.717, 1.165) is 5.56 Å². The first-order valence-electron chi connectivity index (χ1n) is 7.34. The largest absolute Gasteiger partial charge is 0.481 e. The molecule has 1 N–H and O–H groups in total. The fraction of sp³-hybridized carbons (Fsp3) is 0.118. The highest BCUT2D eigenvalue weighted by Gasteiger charge is 2.17. The van der Waals surface area contributed by atoms with E-state index in [4.69, 9.17) is 16.3 Å². The Morgan fingerprint density at radius 2 is 1.84 bits per heavy atom. The highest BCUT2D eigenvalue weighted by molar-refractivity contribution is 7.18. The highest BCUT2D eigenvalue weighted by atomic mass is 35.5. The molecule has 25 heavy (non-hydrogen) atoms. The van der Waals surface area contributed by atoms with Crippen molar-refractivity contribution in [2.24, 2.45) is 0 Å². The average molecular weight is 378 g/mol. The van der Waals surface area contributed by atoms with Gasteiger partial charge in [-0.25, -0.2) is 4.39 Å². The topological polar surface area (TPSA) is 64.1 Å². The van der Waals surface area contributed by atoms with Gasteiger partial charge in [0.2, 0.25) is 5.13 Å². The Morgan fingerprint density at radius 1 is 1.16 bits per heavy atom. The second-order valence-electron chi connectivity index (χ2n) is 5.12. The van der Waals surface area contributed by atoms with Crippen LogP contribution in [0.2, 0.25) is 5.02 Å². The number of nitrogens with one attached hydrogen (secondary N) is 1. The number of nitrogens with zero attached hydrogens (tertiary/aromatic N) is 2. The molecular weight excluding hydrogens is 365 g/mol. The summed E-state index contributed by atoms with van der Waals surface area (Å²) in [5, 5.41) is 12.3. The number of carbonyl (C=O) groups is 1. The molecule has 128 valence electrons. The molecule has 1 aromatic heterocycles. The van der Waals surface area contributed by atoms with Gasteiger partial charge in [0, 0.05) is 10.6 Å². The number of amides is 1. The van der Waals surface area contributed by atoms with Gasteiger partial charge in [-0.2, -0.15) is 0 Å². The lowest BCUT2D eigenvalue weighted by molar-refractivity contribution is -0.122. The lowest BCUT2D eigenvalue weighted by atomic mass is 10.2. The Morgan fingerprint density at radius 3 is 2.52 bits per heavy atom. The number of rotatable bonds is 5. The summed E-state index contributed by atoms with van der Waals surface area (Å²) in [5.74, 6) is -0.334. The minimum absolute atomic E-state index is 0.365. The van der Waals surface area contributed by atoms with Crippen molar-refractivity contribution >= 4 is 34.0 Å². The molecule has 0 aliphatic carbocycles. The third-order valence-corrected chi connectivity index (χ3v) is 4.38. The number of ether oxygens (including phenoxy) is 1. The van der Waals surface area contributed by atoms with E-state index >= 15 is 0 Å². The van der Waals surface area contributed by atoms with E-state index in [-0.39, 0.29) is 11.7 Å². The number of carbonyl (C=O) groups excluding carboxylic acids is 1. The predicted octanol–water partition coefficient (Wildman–Crippen LogP) is 4.40. The van der Waals surface area contributed by atoms with Crippen molar-refractivity contribution in [3.05, 3.63) is 59.4 Å². The maximum atomic E-state index is 12.9. The molecular formula is C17H13ClFN3O2S. The van der Waals surface area contributed by atoms with Crippen molar-refractivity contribution in [3.63, 3.8) is 0 Å². The second kappa shape index (κ2) is 7.58. The minimum Gasteiger partial charge on any atom is -0.481 e. The fourth-order valence-corrected chi connectivity index (χ4v) is 2.84. The van der Waals surface area contributed by atoms with E-state index in [9.17, 15) is 9.18 Å². The molecule has 1 atom stereocenters. The van der Waals surface area contributed by atoms with Crippen molar-refractivity contribution in [1.29, 1.82) is 0 Å². The minimum atomic E-state index is -0.770. The summed E-state index contributed by atoms with van der Waals surface area (Å²) >= 11 is 7.10. The summed E-state index contributed by atoms with van der Waals surface area (Å²) < 4.78 is 18.3. The van der Waals surface area contributed by atoms with Crippen LogP contribution >= 0.6 is 22.9 Å². The Hall–Kier alpha value is -2.51. The maximum Gasteiger partial charge on any atom is 0.266 e. The normalized spacial score (nSPS) is 11.8. The summed E-state index contributed by atoms with van der Waals surface area (Å²) in [6, 6.07) is 12.6. The smallest absolute Gasteiger partial charge is 0.266 e. The van der Waals surface area contributed by atoms with Crippen molar-refractivity contribution in [3.8, 4) is 16.3 Å². The van der Waals surface area contributed by atoms with Crippen molar-refractivity contribution in [2.45, 2.75) is 13.0 Å². The summed E-state index contributed by atoms with van der Waals surface area (Å²) in [4.78, 5) is 12.2. The van der Waals surface area contributed by atoms with Crippen molar-refractivity contribution in [1.82, 2.24) is 10.2 Å². The van der Waals surface area contributed by atoms with E-state index in [0.29, 0.717) is 20.9 Å². The van der Waals surface area contributed by atoms with Crippen LogP contribution in [0.3, 0.4) is 0 Å². The lowest BCUT2D eigenvalue weighted by Gasteiger charge is -2.13. The summed E-state index contributed by atoms with van der Waals surface area (Å²) in [6.45, 7) is 1.60. The molecule has 0 saturated carbocycles. The number of hydrogen-bond donors (Lipinski definition) is 1. The molecule has 1 amide bonds. The van der Waals surface area contributed by atoms with Crippen LogP contribution in [0.25, 0.3) is 10.6 Å². The van der Waals surface area contributed by atoms with E-state index in [1.54, 1.807) is 19.1 Å². The molecule has 0 aliphatic rings. The molecule has 5 nitrogen and oxygen atoms in total. The van der Waals surface area contributed by atoms with Crippen LogP contribution in [-0.2, 0) is 4.79 Å². The number of aromatic nitrogens is 2. The van der Waals surface area contributed by atoms with Crippen LogP contribution in [-0.4, -0.2) is 22.2 Å². The van der Waals surface area contributed by atoms with E-state index in [1.807, 2.05) is 12.1 Å². The summed E-state index contributed by atoms with van der Waals surface area (Å²) in [5.41, 5.74) is 0.859. The third kappa shape index (κ3) is 4.52. The maximum absolute atomic E-state index is 12.9. The molecule has 3 aromatic rings. The van der Waals surface area contributed by atoms with Crippen LogP contribution < -0.4 is 10.1 Å². The van der Waals surface area contributed by atoms with Crippen LogP contribution in [0.15, 0.2) is 48.5 Å². The van der Waals surface area contributed by atoms with Gasteiger partial charge in [0.25, 0.3) is 5.91 Å². The molecule has 0 fully saturated rings. The molecule has 8 heteroatoms. The first-order valence-corrected chi connectivity index (χ1v) is 8.53. The fourth-order valence-electron chi connectivity index (χ4n) is 1.96. The summed E-state index contributed by atoms with van der Waals surface area (Å²) in [6.07, 6.45) is -0.770. The molecule has 0 radical (unpaired) electrons. The van der Waals surface area contributed by atoms with Gasteiger partial charge in [0.15, 0.2) is 6.10 Å². The lowest BCUT2D eigenvalue weighted by Crippen LogP contribution is -2.30. The molecule has 1 heterocycles. The van der Waals surface area contributed by atoms with Gasteiger partial charge in [-0.15, -0.1) is 10.2 Å². The number of anilines is 1. The van der Waals surface area contributed by atoms with Crippen molar-refractivity contribution in [2.75, 3.05) is 5.32 Å². The number of hydrogen-bond acceptors (Lipinski definition) is 5. The first-order chi connectivity index (χ1) is 12.0. The Bertz CT molecular complexity index is 868. The van der Waals surface area contributed by atoms with Gasteiger partial charge in [0.1, 0.15) is 16.6 Å². The van der Waals surface area contributed by atoms with Gasteiger partial charge in [-0.1, -0.05) is 35.1 Å². The van der Waals surface area contributed by atoms with Crippen LogP contribution in [0.5, 0.6) is 5.75 Å². The Balaban J connectivity index is 1.62. The zero-order valence-electron chi connectivity index (χ0n) is 13.1. The molecule has 0 saturated heterocycles. The van der Waals surface area contributed by atoms with Crippen LogP contribution in [0, 0.1) is 5.82 Å². The predicted molar refractivity (Wildman–Crippen MR) is 95.5 cm³/mol. The monoisotopic (exact) mass is 377 g/mol. The van der Waals surface area contributed by atoms with Gasteiger partial charge < -0.3 is 4.74 Å². The molecule has 3 rings (SSSR count). The molecule has 0 unspecified atom stereocenters. The van der Waals surface area contributed by atoms with Gasteiger partial charge in [0.05, 0.1) is 0 Å². The van der Waals surface area contributed by atoms with Gasteiger partial charge >= 0.3 is 0 Å². The quantitative estimate of drug-likeness (QED) is 0.715. The molecule has 2 aromatic carbocycles. The van der Waals surface area contributed by atoms with Crippen LogP contribution in [0.4, 0.5) is 9.52 Å². The van der Waals surface area contributed by atoms with Gasteiger partial charge in [-0.3, -0.25) is 10.1 Å². The molecule has 0 bridgehead atoms. The first kappa shape index (κ1) is 17.3. The highest BCUT2D eigenvalue weighted by Crippen LogP contribution is 2.27. The zero-order valence-corrected chi connectivity index (χ0v) is 14.6. The number of benzene rings is 2. The van der Waals surface area contributed by atoms with E-state index < -0.39 is 6.10 Å². The Kier molecular flexibility index (Phi) is 5.25. The van der Waals surface area contributed by atoms with E-state index in [1.165, 1.54) is 35.6 Å². The molecule has 0 aliphatic heterocycles. The summed E-state index contributed by atoms with van der Waals surface area (Å²) in [7, 11) is 0. The second-order valence-corrected chi connectivity index (χ2v) is 6.54. The number of halogens is 2. The SMILES string of the molecule is C[C@@H](Oc1ccc(F)cc1)C(=O)Nc1nnc(-c2ccc(Cl)cc2)s1.